The summed E-state index contributed by atoms with van der Waals surface area (Å²) in [5.74, 6) is 3.01. The van der Waals surface area contributed by atoms with Crippen molar-refractivity contribution < 1.29 is 14.3 Å². The number of allylic oxidation sites excluding steroid dienone is 1. The molecule has 4 saturated carbocycles. The van der Waals surface area contributed by atoms with Gasteiger partial charge in [-0.15, -0.1) is 0 Å². The summed E-state index contributed by atoms with van der Waals surface area (Å²) in [6.07, 6.45) is 16.1. The third-order valence-electron chi connectivity index (χ3n) is 9.51. The number of carbonyl (C=O) groups excluding carboxylic acids is 2. The Labute approximate surface area is 155 Å². The van der Waals surface area contributed by atoms with Gasteiger partial charge in [0.1, 0.15) is 5.60 Å². The van der Waals surface area contributed by atoms with E-state index >= 15 is 0 Å². The van der Waals surface area contributed by atoms with Gasteiger partial charge in [-0.05, 0) is 87.2 Å². The van der Waals surface area contributed by atoms with Gasteiger partial charge in [0.25, 0.3) is 0 Å². The molecule has 1 aliphatic heterocycles. The average Bonchev–Trinajstić information content (AvgIpc) is 3.24. The molecule has 2 spiro atoms. The molecule has 0 bridgehead atoms. The van der Waals surface area contributed by atoms with Gasteiger partial charge in [0.2, 0.25) is 0 Å². The summed E-state index contributed by atoms with van der Waals surface area (Å²) in [5, 5.41) is 0. The fourth-order valence-corrected chi connectivity index (χ4v) is 8.25. The van der Waals surface area contributed by atoms with Crippen molar-refractivity contribution in [2.24, 2.45) is 34.5 Å². The fourth-order valence-electron chi connectivity index (χ4n) is 8.25. The molecule has 0 aromatic heterocycles. The molecule has 6 aliphatic rings. The summed E-state index contributed by atoms with van der Waals surface area (Å²) < 4.78 is 6.15. The lowest BCUT2D eigenvalue weighted by atomic mass is 9.50. The molecule has 6 rings (SSSR count). The molecule has 0 amide bonds. The maximum atomic E-state index is 12.1. The van der Waals surface area contributed by atoms with E-state index in [9.17, 15) is 9.59 Å². The van der Waals surface area contributed by atoms with Gasteiger partial charge in [-0.1, -0.05) is 12.5 Å². The fraction of sp³-hybridized carbons (Fsp3) is 0.739. The summed E-state index contributed by atoms with van der Waals surface area (Å²) in [7, 11) is 0. The molecule has 0 radical (unpaired) electrons. The Kier molecular flexibility index (Phi) is 2.84. The maximum absolute atomic E-state index is 12.1. The van der Waals surface area contributed by atoms with Crippen LogP contribution in [-0.4, -0.2) is 17.4 Å². The molecule has 6 atom stereocenters. The van der Waals surface area contributed by atoms with Crippen molar-refractivity contribution in [2.75, 3.05) is 0 Å². The number of ketones is 1. The quantitative estimate of drug-likeness (QED) is 0.608. The van der Waals surface area contributed by atoms with Gasteiger partial charge in [-0.3, -0.25) is 4.79 Å². The molecular weight excluding hydrogens is 324 g/mol. The minimum absolute atomic E-state index is 0.0963. The number of carbonyl (C=O) groups is 2. The number of esters is 1. The molecule has 138 valence electrons. The highest BCUT2D eigenvalue weighted by molar-refractivity contribution is 5.91. The number of hydrogen-bond donors (Lipinski definition) is 0. The Balaban J connectivity index is 1.39. The Morgan fingerprint density at radius 3 is 2.62 bits per heavy atom. The van der Waals surface area contributed by atoms with E-state index in [0.29, 0.717) is 17.6 Å². The normalized spacial score (nSPS) is 50.3. The lowest BCUT2D eigenvalue weighted by molar-refractivity contribution is -0.168. The monoisotopic (exact) mass is 352 g/mol. The Bertz CT molecular complexity index is 772. The summed E-state index contributed by atoms with van der Waals surface area (Å²) in [6, 6.07) is 0. The van der Waals surface area contributed by atoms with E-state index in [2.05, 4.69) is 13.0 Å². The van der Waals surface area contributed by atoms with Crippen molar-refractivity contribution in [2.45, 2.75) is 70.3 Å². The first-order chi connectivity index (χ1) is 12.5. The lowest BCUT2D eigenvalue weighted by Gasteiger charge is -2.55. The largest absolute Gasteiger partial charge is 0.450 e. The summed E-state index contributed by atoms with van der Waals surface area (Å²) >= 11 is 0. The van der Waals surface area contributed by atoms with E-state index in [0.717, 1.165) is 37.5 Å². The van der Waals surface area contributed by atoms with Crippen molar-refractivity contribution in [3.8, 4) is 0 Å². The van der Waals surface area contributed by atoms with Gasteiger partial charge in [-0.25, -0.2) is 4.79 Å². The standard InChI is InChI=1S/C23H28O3/c1-21-8-6-17-16-5-3-15(24)12-14(16)2-4-18(17)19(21)13-22(10-11-22)23(21)9-7-20(25)26-23/h7,9,12,16-19H,2-6,8,10-11,13H2,1H3/t16?,17?,18?,19?,21-,23+/m0/s1. The minimum atomic E-state index is -0.328. The number of rotatable bonds is 0. The van der Waals surface area contributed by atoms with E-state index in [1.807, 2.05) is 6.08 Å². The number of fused-ring (bicyclic) bond motifs is 7. The van der Waals surface area contributed by atoms with Crippen LogP contribution in [-0.2, 0) is 14.3 Å². The predicted molar refractivity (Wildman–Crippen MR) is 97.1 cm³/mol. The number of ether oxygens (including phenoxy) is 1. The topological polar surface area (TPSA) is 43.4 Å². The van der Waals surface area contributed by atoms with Crippen LogP contribution in [0.1, 0.15) is 64.7 Å². The average molecular weight is 352 g/mol. The van der Waals surface area contributed by atoms with Crippen molar-refractivity contribution in [1.29, 1.82) is 0 Å². The van der Waals surface area contributed by atoms with Gasteiger partial charge >= 0.3 is 5.97 Å². The zero-order chi connectivity index (χ0) is 17.7. The molecule has 0 aromatic rings. The molecule has 26 heavy (non-hydrogen) atoms. The molecular formula is C23H28O3. The first-order valence-electron chi connectivity index (χ1n) is 10.6. The van der Waals surface area contributed by atoms with Crippen molar-refractivity contribution in [3.63, 3.8) is 0 Å². The molecule has 4 fully saturated rings. The first kappa shape index (κ1) is 15.7. The predicted octanol–water partition coefficient (Wildman–Crippen LogP) is 4.37. The Hall–Kier alpha value is -1.38. The van der Waals surface area contributed by atoms with Crippen LogP contribution in [0.3, 0.4) is 0 Å². The molecule has 1 heterocycles. The smallest absolute Gasteiger partial charge is 0.331 e. The molecule has 4 unspecified atom stereocenters. The van der Waals surface area contributed by atoms with Crippen molar-refractivity contribution in [1.82, 2.24) is 0 Å². The lowest BCUT2D eigenvalue weighted by Crippen LogP contribution is -2.54. The van der Waals surface area contributed by atoms with Crippen LogP contribution in [0, 0.1) is 34.5 Å². The van der Waals surface area contributed by atoms with Crippen LogP contribution in [0.15, 0.2) is 23.8 Å². The van der Waals surface area contributed by atoms with Crippen molar-refractivity contribution >= 4 is 11.8 Å². The third kappa shape index (κ3) is 1.67. The highest BCUT2D eigenvalue weighted by Gasteiger charge is 2.77. The van der Waals surface area contributed by atoms with Gasteiger partial charge < -0.3 is 4.74 Å². The molecule has 0 saturated heterocycles. The van der Waals surface area contributed by atoms with Gasteiger partial charge in [0, 0.05) is 23.3 Å². The van der Waals surface area contributed by atoms with E-state index in [1.165, 1.54) is 37.7 Å². The molecule has 3 heteroatoms. The zero-order valence-electron chi connectivity index (χ0n) is 15.6. The second kappa shape index (κ2) is 4.72. The van der Waals surface area contributed by atoms with E-state index in [4.69, 9.17) is 4.74 Å². The summed E-state index contributed by atoms with van der Waals surface area (Å²) in [4.78, 5) is 24.0. The first-order valence-corrected chi connectivity index (χ1v) is 10.6. The maximum Gasteiger partial charge on any atom is 0.331 e. The van der Waals surface area contributed by atoms with Gasteiger partial charge in [-0.2, -0.15) is 0 Å². The van der Waals surface area contributed by atoms with Gasteiger partial charge in [0.05, 0.1) is 0 Å². The van der Waals surface area contributed by atoms with Gasteiger partial charge in [0.15, 0.2) is 5.78 Å². The van der Waals surface area contributed by atoms with Crippen LogP contribution >= 0.6 is 0 Å². The van der Waals surface area contributed by atoms with Crippen LogP contribution in [0.25, 0.3) is 0 Å². The molecule has 0 N–H and O–H groups in total. The van der Waals surface area contributed by atoms with E-state index in [-0.39, 0.29) is 22.4 Å². The summed E-state index contributed by atoms with van der Waals surface area (Å²) in [5.41, 5.74) is 1.44. The zero-order valence-corrected chi connectivity index (χ0v) is 15.6. The number of hydrogen-bond acceptors (Lipinski definition) is 3. The molecule has 5 aliphatic carbocycles. The van der Waals surface area contributed by atoms with E-state index < -0.39 is 0 Å². The molecule has 0 aromatic carbocycles. The molecule has 3 nitrogen and oxygen atoms in total. The summed E-state index contributed by atoms with van der Waals surface area (Å²) in [6.45, 7) is 2.43. The second-order valence-electron chi connectivity index (χ2n) is 10.2. The van der Waals surface area contributed by atoms with Crippen molar-refractivity contribution in [3.05, 3.63) is 23.8 Å². The van der Waals surface area contributed by atoms with E-state index in [1.54, 1.807) is 6.08 Å². The SMILES string of the molecule is C[C@]12CCC3C4CCC(=O)C=C4CCC3C1CC1(CC1)[C@@]21C=CC(=O)O1. The van der Waals surface area contributed by atoms with Crippen LogP contribution < -0.4 is 0 Å². The van der Waals surface area contributed by atoms with Crippen LogP contribution in [0.4, 0.5) is 0 Å². The minimum Gasteiger partial charge on any atom is -0.450 e. The van der Waals surface area contributed by atoms with Crippen LogP contribution in [0.2, 0.25) is 0 Å². The highest BCUT2D eigenvalue weighted by Crippen LogP contribution is 2.78. The third-order valence-corrected chi connectivity index (χ3v) is 9.51. The highest BCUT2D eigenvalue weighted by atomic mass is 16.6. The Morgan fingerprint density at radius 2 is 1.88 bits per heavy atom. The second-order valence-corrected chi connectivity index (χ2v) is 10.2. The van der Waals surface area contributed by atoms with Crippen LogP contribution in [0.5, 0.6) is 0 Å². The Morgan fingerprint density at radius 1 is 1.04 bits per heavy atom.